The molecule has 0 bridgehead atoms. The normalized spacial score (nSPS) is 11.1. The number of benzene rings is 1. The maximum atomic E-state index is 5.17. The Kier molecular flexibility index (Phi) is 1.43. The summed E-state index contributed by atoms with van der Waals surface area (Å²) in [6, 6.07) is 3.93. The Hall–Kier alpha value is -1.75. The molecule has 0 fully saturated rings. The van der Waals surface area contributed by atoms with E-state index in [9.17, 15) is 0 Å². The number of hydrogen-bond acceptors (Lipinski definition) is 3. The van der Waals surface area contributed by atoms with Crippen LogP contribution >= 0.6 is 12.2 Å². The average Bonchev–Trinajstić information content (AvgIpc) is 2.65. The number of nitrogens with one attached hydrogen (secondary N) is 2. The molecule has 0 saturated heterocycles. The first kappa shape index (κ1) is 7.64. The molecule has 3 aromatic rings. The molecular weight excluding hydrogens is 196 g/mol. The Morgan fingerprint density at radius 1 is 1.21 bits per heavy atom. The van der Waals surface area contributed by atoms with E-state index in [0.29, 0.717) is 4.64 Å². The van der Waals surface area contributed by atoms with Crippen molar-refractivity contribution < 1.29 is 0 Å². The zero-order valence-electron chi connectivity index (χ0n) is 7.11. The molecule has 0 saturated carbocycles. The number of aromatic amines is 2. The maximum absolute atomic E-state index is 5.17. The summed E-state index contributed by atoms with van der Waals surface area (Å²) >= 11 is 5.17. The van der Waals surface area contributed by atoms with Gasteiger partial charge in [0.2, 0.25) is 0 Å². The molecule has 0 radical (unpaired) electrons. The zero-order valence-corrected chi connectivity index (χ0v) is 7.93. The van der Waals surface area contributed by atoms with E-state index >= 15 is 0 Å². The fraction of sp³-hybridized carbons (Fsp3) is 0. The van der Waals surface area contributed by atoms with Crippen LogP contribution < -0.4 is 0 Å². The van der Waals surface area contributed by atoms with E-state index in [1.165, 1.54) is 0 Å². The first-order chi connectivity index (χ1) is 6.86. The van der Waals surface area contributed by atoms with Gasteiger partial charge in [-0.1, -0.05) is 12.2 Å². The summed E-state index contributed by atoms with van der Waals surface area (Å²) in [6.45, 7) is 0. The van der Waals surface area contributed by atoms with Gasteiger partial charge in [0, 0.05) is 10.8 Å². The number of fused-ring (bicyclic) bond motifs is 3. The lowest BCUT2D eigenvalue weighted by atomic mass is 10.2. The third-order valence-corrected chi connectivity index (χ3v) is 2.55. The molecule has 1 aromatic carbocycles. The van der Waals surface area contributed by atoms with Gasteiger partial charge in [0.05, 0.1) is 23.6 Å². The van der Waals surface area contributed by atoms with Crippen LogP contribution in [0.5, 0.6) is 0 Å². The van der Waals surface area contributed by atoms with Gasteiger partial charge >= 0.3 is 0 Å². The molecule has 0 aliphatic heterocycles. The van der Waals surface area contributed by atoms with Crippen LogP contribution in [-0.4, -0.2) is 20.2 Å². The molecule has 0 spiro atoms. The van der Waals surface area contributed by atoms with Crippen LogP contribution in [0.4, 0.5) is 0 Å². The maximum Gasteiger partial charge on any atom is 0.137 e. The molecule has 0 unspecified atom stereocenters. The van der Waals surface area contributed by atoms with Crippen LogP contribution in [0.2, 0.25) is 0 Å². The number of rotatable bonds is 0. The summed E-state index contributed by atoms with van der Waals surface area (Å²) in [5.41, 5.74) is 1.96. The SMILES string of the molecule is S=c1nc[nH]c2ccc3[nH]ncc3c12. The second-order valence-corrected chi connectivity index (χ2v) is 3.41. The highest BCUT2D eigenvalue weighted by molar-refractivity contribution is 7.71. The van der Waals surface area contributed by atoms with Crippen molar-refractivity contribution in [2.45, 2.75) is 0 Å². The van der Waals surface area contributed by atoms with E-state index in [4.69, 9.17) is 12.2 Å². The molecular formula is C9H6N4S. The summed E-state index contributed by atoms with van der Waals surface area (Å²) < 4.78 is 0.603. The Labute approximate surface area is 84.0 Å². The average molecular weight is 202 g/mol. The largest absolute Gasteiger partial charge is 0.346 e. The van der Waals surface area contributed by atoms with Crippen molar-refractivity contribution in [3.8, 4) is 0 Å². The first-order valence-corrected chi connectivity index (χ1v) is 4.56. The molecule has 14 heavy (non-hydrogen) atoms. The van der Waals surface area contributed by atoms with Crippen LogP contribution in [-0.2, 0) is 0 Å². The quantitative estimate of drug-likeness (QED) is 0.549. The van der Waals surface area contributed by atoms with Gasteiger partial charge in [-0.3, -0.25) is 5.10 Å². The van der Waals surface area contributed by atoms with Gasteiger partial charge in [0.25, 0.3) is 0 Å². The van der Waals surface area contributed by atoms with E-state index in [1.807, 2.05) is 12.1 Å². The summed E-state index contributed by atoms with van der Waals surface area (Å²) in [4.78, 5) is 7.11. The van der Waals surface area contributed by atoms with Crippen molar-refractivity contribution in [1.82, 2.24) is 20.2 Å². The van der Waals surface area contributed by atoms with Crippen molar-refractivity contribution in [2.75, 3.05) is 0 Å². The summed E-state index contributed by atoms with van der Waals surface area (Å²) in [6.07, 6.45) is 3.37. The summed E-state index contributed by atoms with van der Waals surface area (Å²) in [7, 11) is 0. The fourth-order valence-electron chi connectivity index (χ4n) is 1.59. The molecule has 68 valence electrons. The van der Waals surface area contributed by atoms with Crippen molar-refractivity contribution in [2.24, 2.45) is 0 Å². The molecule has 0 amide bonds. The summed E-state index contributed by atoms with van der Waals surface area (Å²) in [5.74, 6) is 0. The highest BCUT2D eigenvalue weighted by Gasteiger charge is 2.03. The van der Waals surface area contributed by atoms with Gasteiger partial charge in [-0.25, -0.2) is 4.98 Å². The monoisotopic (exact) mass is 202 g/mol. The molecule has 0 aliphatic rings. The topological polar surface area (TPSA) is 57.4 Å². The van der Waals surface area contributed by atoms with Gasteiger partial charge in [0.15, 0.2) is 0 Å². The van der Waals surface area contributed by atoms with Crippen molar-refractivity contribution >= 4 is 34.0 Å². The Bertz CT molecular complexity index is 667. The second kappa shape index (κ2) is 2.62. The molecule has 2 aromatic heterocycles. The van der Waals surface area contributed by atoms with Crippen LogP contribution in [0.3, 0.4) is 0 Å². The van der Waals surface area contributed by atoms with Crippen LogP contribution in [0.1, 0.15) is 0 Å². The Morgan fingerprint density at radius 2 is 2.07 bits per heavy atom. The fourth-order valence-corrected chi connectivity index (χ4v) is 1.87. The van der Waals surface area contributed by atoms with E-state index in [0.717, 1.165) is 21.8 Å². The molecule has 5 heteroatoms. The van der Waals surface area contributed by atoms with Gasteiger partial charge in [-0.15, -0.1) is 0 Å². The minimum atomic E-state index is 0.603. The Morgan fingerprint density at radius 3 is 3.00 bits per heavy atom. The molecule has 2 N–H and O–H groups in total. The minimum Gasteiger partial charge on any atom is -0.346 e. The lowest BCUT2D eigenvalue weighted by molar-refractivity contribution is 1.12. The Balaban J connectivity index is 2.74. The van der Waals surface area contributed by atoms with Crippen molar-refractivity contribution in [1.29, 1.82) is 0 Å². The van der Waals surface area contributed by atoms with Crippen molar-refractivity contribution in [3.05, 3.63) is 29.3 Å². The molecule has 4 nitrogen and oxygen atoms in total. The van der Waals surface area contributed by atoms with E-state index in [2.05, 4.69) is 20.2 Å². The zero-order chi connectivity index (χ0) is 9.54. The van der Waals surface area contributed by atoms with Crippen LogP contribution in [0.25, 0.3) is 21.8 Å². The van der Waals surface area contributed by atoms with Gasteiger partial charge in [0.1, 0.15) is 4.64 Å². The number of H-pyrrole nitrogens is 2. The predicted molar refractivity (Wildman–Crippen MR) is 56.6 cm³/mol. The minimum absolute atomic E-state index is 0.603. The van der Waals surface area contributed by atoms with E-state index in [-0.39, 0.29) is 0 Å². The highest BCUT2D eigenvalue weighted by atomic mass is 32.1. The lowest BCUT2D eigenvalue weighted by Crippen LogP contribution is -1.83. The second-order valence-electron chi connectivity index (χ2n) is 3.03. The molecule has 2 heterocycles. The summed E-state index contributed by atoms with van der Waals surface area (Å²) in [5, 5.41) is 8.84. The van der Waals surface area contributed by atoms with E-state index < -0.39 is 0 Å². The van der Waals surface area contributed by atoms with Gasteiger partial charge in [-0.2, -0.15) is 5.10 Å². The van der Waals surface area contributed by atoms with E-state index in [1.54, 1.807) is 12.5 Å². The lowest BCUT2D eigenvalue weighted by Gasteiger charge is -1.97. The third-order valence-electron chi connectivity index (χ3n) is 2.24. The van der Waals surface area contributed by atoms with Gasteiger partial charge in [-0.05, 0) is 12.1 Å². The number of hydrogen-bond donors (Lipinski definition) is 2. The van der Waals surface area contributed by atoms with Crippen LogP contribution in [0.15, 0.2) is 24.7 Å². The molecule has 0 aliphatic carbocycles. The highest BCUT2D eigenvalue weighted by Crippen LogP contribution is 2.21. The number of nitrogens with zero attached hydrogens (tertiary/aromatic N) is 2. The smallest absolute Gasteiger partial charge is 0.137 e. The van der Waals surface area contributed by atoms with Crippen LogP contribution in [0, 0.1) is 4.64 Å². The molecule has 0 atom stereocenters. The third kappa shape index (κ3) is 0.898. The standard InChI is InChI=1S/C9H6N4S/c14-9-8-5-3-12-13-6(5)1-2-7(8)10-4-11-9/h1-4H,(H,12,13)(H,10,11,14). The van der Waals surface area contributed by atoms with Gasteiger partial charge < -0.3 is 4.98 Å². The van der Waals surface area contributed by atoms with Crippen molar-refractivity contribution in [3.63, 3.8) is 0 Å². The molecule has 3 rings (SSSR count). The predicted octanol–water partition coefficient (Wildman–Crippen LogP) is 2.17. The number of aromatic nitrogens is 4. The first-order valence-electron chi connectivity index (χ1n) is 4.16.